The number of hydrogen-bond donors (Lipinski definition) is 2. The number of benzene rings is 1. The summed E-state index contributed by atoms with van der Waals surface area (Å²) in [7, 11) is 0. The first-order valence-electron chi connectivity index (χ1n) is 9.66. The Morgan fingerprint density at radius 1 is 1.19 bits per heavy atom. The first-order chi connectivity index (χ1) is 12.5. The van der Waals surface area contributed by atoms with Crippen LogP contribution in [0, 0.1) is 11.8 Å². The second-order valence-electron chi connectivity index (χ2n) is 7.05. The van der Waals surface area contributed by atoms with Crippen molar-refractivity contribution in [3.05, 3.63) is 35.4 Å². The maximum absolute atomic E-state index is 12.5. The van der Waals surface area contributed by atoms with E-state index in [4.69, 9.17) is 0 Å². The average Bonchev–Trinajstić information content (AvgIpc) is 2.67. The molecule has 0 aromatic heterocycles. The van der Waals surface area contributed by atoms with Gasteiger partial charge < -0.3 is 10.2 Å². The van der Waals surface area contributed by atoms with Crippen LogP contribution in [0.25, 0.3) is 0 Å². The first-order valence-corrected chi connectivity index (χ1v) is 9.66. The molecule has 0 spiro atoms. The monoisotopic (exact) mass is 393 g/mol. The van der Waals surface area contributed by atoms with Gasteiger partial charge in [0.05, 0.1) is 0 Å². The fourth-order valence-electron chi connectivity index (χ4n) is 4.61. The van der Waals surface area contributed by atoms with Crippen LogP contribution in [0.5, 0.6) is 0 Å². The molecule has 1 saturated carbocycles. The Balaban J connectivity index is 0.00000364. The molecule has 150 valence electrons. The van der Waals surface area contributed by atoms with E-state index in [2.05, 4.69) is 11.8 Å². The summed E-state index contributed by atoms with van der Waals surface area (Å²) in [6.45, 7) is 6.59. The highest BCUT2D eigenvalue weighted by Crippen LogP contribution is 2.50. The van der Waals surface area contributed by atoms with Crippen molar-refractivity contribution in [2.45, 2.75) is 70.4 Å². The van der Waals surface area contributed by atoms with Crippen LogP contribution >= 0.6 is 12.4 Å². The number of hydrogen-bond acceptors (Lipinski definition) is 3. The van der Waals surface area contributed by atoms with Gasteiger partial charge in [-0.2, -0.15) is 0 Å². The quantitative estimate of drug-likeness (QED) is 0.543. The van der Waals surface area contributed by atoms with E-state index in [-0.39, 0.29) is 12.4 Å². The molecule has 4 nitrogen and oxygen atoms in total. The average molecular weight is 394 g/mol. The Labute approximate surface area is 169 Å². The summed E-state index contributed by atoms with van der Waals surface area (Å²) in [4.78, 5) is 14.2. The molecule has 1 aliphatic rings. The van der Waals surface area contributed by atoms with E-state index in [0.29, 0.717) is 32.4 Å². The highest BCUT2D eigenvalue weighted by Gasteiger charge is 2.60. The summed E-state index contributed by atoms with van der Waals surface area (Å²) >= 11 is 0. The summed E-state index contributed by atoms with van der Waals surface area (Å²) in [5.41, 5.74) is -0.781. The van der Waals surface area contributed by atoms with Crippen LogP contribution in [0.3, 0.4) is 0 Å². The highest BCUT2D eigenvalue weighted by molar-refractivity contribution is 5.85. The van der Waals surface area contributed by atoms with E-state index in [9.17, 15) is 15.0 Å². The van der Waals surface area contributed by atoms with Gasteiger partial charge in [-0.1, -0.05) is 63.3 Å². The van der Waals surface area contributed by atoms with Crippen molar-refractivity contribution in [1.29, 1.82) is 0 Å². The van der Waals surface area contributed by atoms with E-state index in [1.54, 1.807) is 4.90 Å². The number of aliphatic hydroxyl groups is 1. The molecule has 2 N–H and O–H groups in total. The minimum absolute atomic E-state index is 0. The van der Waals surface area contributed by atoms with Gasteiger partial charge in [-0.25, -0.2) is 4.79 Å². The number of halogens is 1. The van der Waals surface area contributed by atoms with Gasteiger partial charge in [-0.05, 0) is 44.0 Å². The number of carboxylic acid groups (broad SMARTS) is 1. The van der Waals surface area contributed by atoms with Crippen LogP contribution in [-0.2, 0) is 16.6 Å². The second-order valence-corrected chi connectivity index (χ2v) is 7.05. The van der Waals surface area contributed by atoms with Crippen molar-refractivity contribution in [3.8, 4) is 11.8 Å². The van der Waals surface area contributed by atoms with E-state index < -0.39 is 17.1 Å². The molecule has 0 radical (unpaired) electrons. The van der Waals surface area contributed by atoms with Crippen LogP contribution in [0.15, 0.2) is 24.3 Å². The third-order valence-electron chi connectivity index (χ3n) is 5.88. The third kappa shape index (κ3) is 4.16. The van der Waals surface area contributed by atoms with Crippen LogP contribution in [0.4, 0.5) is 0 Å². The number of rotatable bonds is 7. The molecule has 0 aliphatic heterocycles. The van der Waals surface area contributed by atoms with Gasteiger partial charge in [-0.15, -0.1) is 18.3 Å². The van der Waals surface area contributed by atoms with Crippen LogP contribution in [-0.4, -0.2) is 39.9 Å². The number of aliphatic carboxylic acids is 1. The first kappa shape index (κ1) is 23.5. The molecule has 27 heavy (non-hydrogen) atoms. The van der Waals surface area contributed by atoms with Gasteiger partial charge in [0.2, 0.25) is 5.72 Å². The van der Waals surface area contributed by atoms with Gasteiger partial charge in [0, 0.05) is 11.8 Å². The lowest BCUT2D eigenvalue weighted by atomic mass is 9.61. The molecule has 5 heteroatoms. The molecule has 1 aromatic rings. The largest absolute Gasteiger partial charge is 0.478 e. The smallest absolute Gasteiger partial charge is 0.352 e. The Hall–Kier alpha value is -1.54. The SMILES string of the molecule is CC#CCc1ccccc1C1(C(O)(C(=O)O)N(CC)CC)CCCCC1.Cl. The van der Waals surface area contributed by atoms with Crippen LogP contribution in [0.1, 0.15) is 64.0 Å². The molecule has 0 amide bonds. The highest BCUT2D eigenvalue weighted by atomic mass is 35.5. The summed E-state index contributed by atoms with van der Waals surface area (Å²) in [6.07, 6.45) is 4.83. The minimum atomic E-state index is -1.92. The predicted octanol–water partition coefficient (Wildman–Crippen LogP) is 3.99. The zero-order valence-corrected chi connectivity index (χ0v) is 17.4. The van der Waals surface area contributed by atoms with Crippen molar-refractivity contribution in [1.82, 2.24) is 4.90 Å². The Morgan fingerprint density at radius 2 is 1.78 bits per heavy atom. The molecule has 1 aliphatic carbocycles. The maximum atomic E-state index is 12.5. The topological polar surface area (TPSA) is 60.8 Å². The predicted molar refractivity (Wildman–Crippen MR) is 111 cm³/mol. The van der Waals surface area contributed by atoms with Crippen LogP contribution in [0.2, 0.25) is 0 Å². The van der Waals surface area contributed by atoms with Gasteiger partial charge in [0.25, 0.3) is 0 Å². The standard InChI is InChI=1S/C22H31NO3.ClH/c1-4-7-13-18-14-9-10-15-19(18)21(16-11-8-12-17-21)22(26,20(24)25)23(5-2)6-3;/h9-10,14-15,26H,5-6,8,11-13,16-17H2,1-3H3,(H,24,25);1H. The summed E-state index contributed by atoms with van der Waals surface area (Å²) < 4.78 is 0. The van der Waals surface area contributed by atoms with Gasteiger partial charge in [0.1, 0.15) is 0 Å². The number of nitrogens with zero attached hydrogens (tertiary/aromatic N) is 1. The summed E-state index contributed by atoms with van der Waals surface area (Å²) in [5.74, 6) is 4.88. The van der Waals surface area contributed by atoms with Crippen molar-refractivity contribution in [3.63, 3.8) is 0 Å². The van der Waals surface area contributed by atoms with E-state index in [1.807, 2.05) is 45.0 Å². The molecule has 0 bridgehead atoms. The number of carboxylic acids is 1. The molecule has 1 unspecified atom stereocenters. The van der Waals surface area contributed by atoms with E-state index in [1.165, 1.54) is 0 Å². The lowest BCUT2D eigenvalue weighted by molar-refractivity contribution is -0.206. The molecule has 2 rings (SSSR count). The summed E-state index contributed by atoms with van der Waals surface area (Å²) in [6, 6.07) is 7.92. The molecule has 1 fully saturated rings. The van der Waals surface area contributed by atoms with Crippen molar-refractivity contribution in [2.24, 2.45) is 0 Å². The van der Waals surface area contributed by atoms with Crippen molar-refractivity contribution < 1.29 is 15.0 Å². The minimum Gasteiger partial charge on any atom is -0.478 e. The Bertz CT molecular complexity index is 684. The molecule has 1 aromatic carbocycles. The van der Waals surface area contributed by atoms with Gasteiger partial charge in [0.15, 0.2) is 0 Å². The fraction of sp³-hybridized carbons (Fsp3) is 0.591. The van der Waals surface area contributed by atoms with Crippen LogP contribution < -0.4 is 0 Å². The molecule has 1 atom stereocenters. The molecular weight excluding hydrogens is 362 g/mol. The van der Waals surface area contributed by atoms with Crippen molar-refractivity contribution in [2.75, 3.05) is 13.1 Å². The normalized spacial score (nSPS) is 18.0. The third-order valence-corrected chi connectivity index (χ3v) is 5.88. The second kappa shape index (κ2) is 10.1. The zero-order chi connectivity index (χ0) is 19.2. The zero-order valence-electron chi connectivity index (χ0n) is 16.6. The molecular formula is C22H32ClNO3. The molecule has 0 heterocycles. The number of likely N-dealkylation sites (N-methyl/N-ethyl adjacent to an activating group) is 1. The molecule has 0 saturated heterocycles. The van der Waals surface area contributed by atoms with Gasteiger partial charge in [-0.3, -0.25) is 4.90 Å². The Morgan fingerprint density at radius 3 is 2.30 bits per heavy atom. The Kier molecular flexibility index (Phi) is 8.81. The fourth-order valence-corrected chi connectivity index (χ4v) is 4.61. The van der Waals surface area contributed by atoms with Crippen molar-refractivity contribution >= 4 is 18.4 Å². The van der Waals surface area contributed by atoms with Gasteiger partial charge >= 0.3 is 5.97 Å². The van der Waals surface area contributed by atoms with E-state index >= 15 is 0 Å². The lowest BCUT2D eigenvalue weighted by Gasteiger charge is -2.52. The lowest BCUT2D eigenvalue weighted by Crippen LogP contribution is -2.67. The summed E-state index contributed by atoms with van der Waals surface area (Å²) in [5, 5.41) is 21.9. The number of carbonyl (C=O) groups is 1. The van der Waals surface area contributed by atoms with E-state index in [0.717, 1.165) is 30.4 Å². The maximum Gasteiger partial charge on any atom is 0.352 e.